The van der Waals surface area contributed by atoms with Crippen LogP contribution < -0.4 is 4.90 Å². The summed E-state index contributed by atoms with van der Waals surface area (Å²) in [6.07, 6.45) is 0. The summed E-state index contributed by atoms with van der Waals surface area (Å²) in [4.78, 5) is 22.6. The number of carboxylic acids is 1. The predicted molar refractivity (Wildman–Crippen MR) is 59.0 cm³/mol. The van der Waals surface area contributed by atoms with Gasteiger partial charge in [0.25, 0.3) is 5.69 Å². The van der Waals surface area contributed by atoms with E-state index in [-0.39, 0.29) is 11.3 Å². The highest BCUT2D eigenvalue weighted by atomic mass is 16.6. The van der Waals surface area contributed by atoms with E-state index in [1.807, 2.05) is 6.92 Å². The maximum Gasteiger partial charge on any atom is 0.342 e. The number of benzene rings is 1. The first-order valence-electron chi connectivity index (χ1n) is 4.70. The van der Waals surface area contributed by atoms with Crippen LogP contribution in [-0.4, -0.2) is 29.6 Å². The first-order valence-corrected chi connectivity index (χ1v) is 4.70. The van der Waals surface area contributed by atoms with Crippen molar-refractivity contribution in [3.05, 3.63) is 33.9 Å². The number of nitro benzene ring substituents is 1. The second-order valence-electron chi connectivity index (χ2n) is 3.28. The van der Waals surface area contributed by atoms with Crippen molar-refractivity contribution in [2.24, 2.45) is 0 Å². The van der Waals surface area contributed by atoms with Crippen molar-refractivity contribution in [1.29, 1.82) is 0 Å². The fourth-order valence-electron chi connectivity index (χ4n) is 1.27. The van der Waals surface area contributed by atoms with Crippen LogP contribution in [0.4, 0.5) is 11.4 Å². The van der Waals surface area contributed by atoms with Crippen LogP contribution >= 0.6 is 0 Å². The molecule has 0 saturated heterocycles. The van der Waals surface area contributed by atoms with Crippen LogP contribution in [0, 0.1) is 10.1 Å². The summed E-state index contributed by atoms with van der Waals surface area (Å²) in [6.45, 7) is 2.58. The Hall–Kier alpha value is -2.11. The third-order valence-corrected chi connectivity index (χ3v) is 2.32. The molecule has 1 aromatic carbocycles. The summed E-state index contributed by atoms with van der Waals surface area (Å²) in [6, 6.07) is 4.08. The van der Waals surface area contributed by atoms with Crippen molar-refractivity contribution in [3.8, 4) is 0 Å². The number of carboxylic acid groups (broad SMARTS) is 1. The van der Waals surface area contributed by atoms with E-state index in [0.717, 1.165) is 0 Å². The Labute approximate surface area is 92.3 Å². The monoisotopic (exact) mass is 224 g/mol. The average Bonchev–Trinajstić information content (AvgIpc) is 2.26. The largest absolute Gasteiger partial charge is 0.477 e. The molecular formula is C10H12N2O4. The first-order chi connectivity index (χ1) is 7.47. The maximum absolute atomic E-state index is 10.8. The molecule has 1 aromatic rings. The van der Waals surface area contributed by atoms with Gasteiger partial charge in [-0.2, -0.15) is 0 Å². The second kappa shape index (κ2) is 4.61. The number of hydrogen-bond acceptors (Lipinski definition) is 4. The van der Waals surface area contributed by atoms with Gasteiger partial charge in [-0.1, -0.05) is 0 Å². The number of rotatable bonds is 4. The minimum absolute atomic E-state index is 0.293. The minimum atomic E-state index is -1.29. The van der Waals surface area contributed by atoms with Crippen LogP contribution in [0.1, 0.15) is 17.3 Å². The van der Waals surface area contributed by atoms with Crippen molar-refractivity contribution in [3.63, 3.8) is 0 Å². The fraction of sp³-hybridized carbons (Fsp3) is 0.300. The van der Waals surface area contributed by atoms with Crippen LogP contribution in [0.25, 0.3) is 0 Å². The molecule has 0 bridgehead atoms. The van der Waals surface area contributed by atoms with E-state index in [2.05, 4.69) is 0 Å². The molecule has 0 aliphatic heterocycles. The molecular weight excluding hydrogens is 212 g/mol. The van der Waals surface area contributed by atoms with E-state index in [1.165, 1.54) is 12.1 Å². The number of nitro groups is 1. The molecule has 0 radical (unpaired) electrons. The van der Waals surface area contributed by atoms with Gasteiger partial charge < -0.3 is 10.0 Å². The van der Waals surface area contributed by atoms with Crippen molar-refractivity contribution in [1.82, 2.24) is 0 Å². The van der Waals surface area contributed by atoms with Gasteiger partial charge in [0.05, 0.1) is 4.92 Å². The van der Waals surface area contributed by atoms with Gasteiger partial charge in [-0.15, -0.1) is 0 Å². The summed E-state index contributed by atoms with van der Waals surface area (Å²) >= 11 is 0. The molecule has 1 rings (SSSR count). The summed E-state index contributed by atoms with van der Waals surface area (Å²) in [5.74, 6) is -1.29. The molecule has 0 aliphatic rings. The Bertz CT molecular complexity index is 431. The zero-order chi connectivity index (χ0) is 12.3. The Morgan fingerprint density at radius 2 is 2.19 bits per heavy atom. The van der Waals surface area contributed by atoms with Gasteiger partial charge in [0.15, 0.2) is 0 Å². The molecule has 0 fully saturated rings. The fourth-order valence-corrected chi connectivity index (χ4v) is 1.27. The van der Waals surface area contributed by atoms with Gasteiger partial charge in [0, 0.05) is 25.3 Å². The van der Waals surface area contributed by atoms with Gasteiger partial charge in [0.1, 0.15) is 5.56 Å². The van der Waals surface area contributed by atoms with E-state index in [9.17, 15) is 14.9 Å². The molecule has 0 unspecified atom stereocenters. The number of nitrogens with zero attached hydrogens (tertiary/aromatic N) is 2. The molecule has 86 valence electrons. The molecule has 6 heteroatoms. The van der Waals surface area contributed by atoms with Crippen molar-refractivity contribution in [2.45, 2.75) is 6.92 Å². The number of aromatic carboxylic acids is 1. The molecule has 0 saturated carbocycles. The van der Waals surface area contributed by atoms with E-state index in [0.29, 0.717) is 12.2 Å². The lowest BCUT2D eigenvalue weighted by Crippen LogP contribution is -2.16. The lowest BCUT2D eigenvalue weighted by atomic mass is 10.1. The lowest BCUT2D eigenvalue weighted by molar-refractivity contribution is -0.385. The third kappa shape index (κ3) is 2.28. The standard InChI is InChI=1S/C10H12N2O4/c1-3-11(2)7-4-5-8(10(13)14)9(6-7)12(15)16/h4-6H,3H2,1-2H3,(H,13,14). The topological polar surface area (TPSA) is 83.7 Å². The average molecular weight is 224 g/mol. The molecule has 0 amide bonds. The molecule has 0 spiro atoms. The first kappa shape index (κ1) is 12.0. The van der Waals surface area contributed by atoms with Crippen molar-refractivity contribution in [2.75, 3.05) is 18.5 Å². The van der Waals surface area contributed by atoms with Crippen LogP contribution in [0.3, 0.4) is 0 Å². The number of carbonyl (C=O) groups is 1. The highest BCUT2D eigenvalue weighted by molar-refractivity contribution is 5.93. The highest BCUT2D eigenvalue weighted by Gasteiger charge is 2.20. The summed E-state index contributed by atoms with van der Waals surface area (Å²) < 4.78 is 0. The van der Waals surface area contributed by atoms with E-state index >= 15 is 0 Å². The molecule has 0 aliphatic carbocycles. The second-order valence-corrected chi connectivity index (χ2v) is 3.28. The molecule has 6 nitrogen and oxygen atoms in total. The normalized spacial score (nSPS) is 9.88. The van der Waals surface area contributed by atoms with Gasteiger partial charge >= 0.3 is 5.97 Å². The minimum Gasteiger partial charge on any atom is -0.477 e. The van der Waals surface area contributed by atoms with Crippen LogP contribution in [-0.2, 0) is 0 Å². The van der Waals surface area contributed by atoms with Gasteiger partial charge in [-0.25, -0.2) is 4.79 Å². The summed E-state index contributed by atoms with van der Waals surface area (Å²) in [5, 5.41) is 19.5. The zero-order valence-corrected chi connectivity index (χ0v) is 9.01. The van der Waals surface area contributed by atoms with Gasteiger partial charge in [-0.05, 0) is 19.1 Å². The van der Waals surface area contributed by atoms with E-state index in [4.69, 9.17) is 5.11 Å². The quantitative estimate of drug-likeness (QED) is 0.622. The van der Waals surface area contributed by atoms with E-state index < -0.39 is 10.9 Å². The molecule has 0 heterocycles. The van der Waals surface area contributed by atoms with Crippen LogP contribution in [0.5, 0.6) is 0 Å². The molecule has 0 aromatic heterocycles. The maximum atomic E-state index is 10.8. The van der Waals surface area contributed by atoms with Crippen molar-refractivity contribution >= 4 is 17.3 Å². The molecule has 0 atom stereocenters. The third-order valence-electron chi connectivity index (χ3n) is 2.32. The highest BCUT2D eigenvalue weighted by Crippen LogP contribution is 2.24. The summed E-state index contributed by atoms with van der Waals surface area (Å²) in [7, 11) is 1.78. The van der Waals surface area contributed by atoms with Gasteiger partial charge in [-0.3, -0.25) is 10.1 Å². The molecule has 1 N–H and O–H groups in total. The smallest absolute Gasteiger partial charge is 0.342 e. The molecule has 16 heavy (non-hydrogen) atoms. The Balaban J connectivity index is 3.28. The van der Waals surface area contributed by atoms with E-state index in [1.54, 1.807) is 18.0 Å². The lowest BCUT2D eigenvalue weighted by Gasteiger charge is -2.16. The Kier molecular flexibility index (Phi) is 3.44. The summed E-state index contributed by atoms with van der Waals surface area (Å²) in [5.41, 5.74) is -0.0530. The predicted octanol–water partition coefficient (Wildman–Crippen LogP) is 1.75. The SMILES string of the molecule is CCN(C)c1ccc(C(=O)O)c([N+](=O)[O-])c1. The van der Waals surface area contributed by atoms with Crippen LogP contribution in [0.15, 0.2) is 18.2 Å². The van der Waals surface area contributed by atoms with Crippen LogP contribution in [0.2, 0.25) is 0 Å². The Morgan fingerprint density at radius 1 is 1.56 bits per heavy atom. The Morgan fingerprint density at radius 3 is 2.62 bits per heavy atom. The zero-order valence-electron chi connectivity index (χ0n) is 9.01. The number of hydrogen-bond donors (Lipinski definition) is 1. The number of anilines is 1. The van der Waals surface area contributed by atoms with Crippen molar-refractivity contribution < 1.29 is 14.8 Å². The van der Waals surface area contributed by atoms with Gasteiger partial charge in [0.2, 0.25) is 0 Å².